The molecule has 0 saturated heterocycles. The summed E-state index contributed by atoms with van der Waals surface area (Å²) in [6.45, 7) is 13.4. The molecule has 0 aromatic heterocycles. The lowest BCUT2D eigenvalue weighted by atomic mass is 10.2. The fraction of sp³-hybridized carbons (Fsp3) is 0.483. The molecule has 1 fully saturated rings. The molecule has 0 aliphatic heterocycles. The molecule has 1 aliphatic rings. The van der Waals surface area contributed by atoms with Gasteiger partial charge in [-0.2, -0.15) is 0 Å². The van der Waals surface area contributed by atoms with Gasteiger partial charge in [-0.05, 0) is 60.9 Å². The SMILES string of the molecule is CC(C)(C)OC(=O)CCC=C[C@@H]1C[C@@H]1CO[Si](c1ccccc1)(c1ccccc1)C(C)(C)C. The van der Waals surface area contributed by atoms with E-state index in [2.05, 4.69) is 93.6 Å². The molecule has 0 N–H and O–H groups in total. The van der Waals surface area contributed by atoms with Gasteiger partial charge in [0.2, 0.25) is 0 Å². The molecule has 1 saturated carbocycles. The van der Waals surface area contributed by atoms with Gasteiger partial charge in [-0.1, -0.05) is 93.6 Å². The number of esters is 1. The van der Waals surface area contributed by atoms with Crippen molar-refractivity contribution in [3.63, 3.8) is 0 Å². The molecule has 3 rings (SSSR count). The molecular weight excluding hydrogens is 424 g/mol. The topological polar surface area (TPSA) is 35.5 Å². The molecule has 33 heavy (non-hydrogen) atoms. The van der Waals surface area contributed by atoms with Crippen molar-refractivity contribution < 1.29 is 14.0 Å². The Morgan fingerprint density at radius 3 is 1.97 bits per heavy atom. The Labute approximate surface area is 201 Å². The number of carbonyl (C=O) groups excluding carboxylic acids is 1. The third-order valence-corrected chi connectivity index (χ3v) is 11.2. The molecule has 0 amide bonds. The average molecular weight is 465 g/mol. The Balaban J connectivity index is 1.66. The third-order valence-electron chi connectivity index (χ3n) is 6.23. The van der Waals surface area contributed by atoms with Gasteiger partial charge in [-0.3, -0.25) is 4.79 Å². The predicted molar refractivity (Wildman–Crippen MR) is 139 cm³/mol. The fourth-order valence-electron chi connectivity index (χ4n) is 4.56. The van der Waals surface area contributed by atoms with Gasteiger partial charge >= 0.3 is 5.97 Å². The highest BCUT2D eigenvalue weighted by Gasteiger charge is 2.51. The van der Waals surface area contributed by atoms with E-state index < -0.39 is 13.9 Å². The van der Waals surface area contributed by atoms with Gasteiger partial charge in [-0.25, -0.2) is 0 Å². The largest absolute Gasteiger partial charge is 0.460 e. The van der Waals surface area contributed by atoms with Crippen LogP contribution in [0.4, 0.5) is 0 Å². The predicted octanol–water partition coefficient (Wildman–Crippen LogP) is 5.88. The first kappa shape index (κ1) is 25.4. The summed E-state index contributed by atoms with van der Waals surface area (Å²) in [5.41, 5.74) is -0.416. The first-order chi connectivity index (χ1) is 15.5. The molecule has 178 valence electrons. The zero-order valence-corrected chi connectivity index (χ0v) is 22.1. The van der Waals surface area contributed by atoms with Gasteiger partial charge in [-0.15, -0.1) is 0 Å². The van der Waals surface area contributed by atoms with Crippen LogP contribution in [0.25, 0.3) is 0 Å². The summed E-state index contributed by atoms with van der Waals surface area (Å²) in [5, 5.41) is 2.66. The van der Waals surface area contributed by atoms with E-state index in [1.165, 1.54) is 10.4 Å². The van der Waals surface area contributed by atoms with Crippen LogP contribution in [0.1, 0.15) is 60.8 Å². The molecule has 3 nitrogen and oxygen atoms in total. The number of hydrogen-bond acceptors (Lipinski definition) is 3. The van der Waals surface area contributed by atoms with Crippen molar-refractivity contribution in [1.82, 2.24) is 0 Å². The molecule has 2 atom stereocenters. The van der Waals surface area contributed by atoms with E-state index in [0.29, 0.717) is 18.3 Å². The summed E-state index contributed by atoms with van der Waals surface area (Å²) in [6.07, 6.45) is 6.72. The lowest BCUT2D eigenvalue weighted by Crippen LogP contribution is -2.66. The normalized spacial score (nSPS) is 19.0. The van der Waals surface area contributed by atoms with Crippen LogP contribution in [-0.2, 0) is 14.0 Å². The van der Waals surface area contributed by atoms with Crippen LogP contribution in [0, 0.1) is 11.8 Å². The second-order valence-corrected chi connectivity index (χ2v) is 15.5. The summed E-state index contributed by atoms with van der Waals surface area (Å²) in [6, 6.07) is 21.6. The monoisotopic (exact) mass is 464 g/mol. The zero-order chi connectivity index (χ0) is 24.1. The maximum atomic E-state index is 11.9. The second-order valence-electron chi connectivity index (χ2n) is 11.2. The van der Waals surface area contributed by atoms with Crippen molar-refractivity contribution in [3.8, 4) is 0 Å². The first-order valence-corrected chi connectivity index (χ1v) is 14.1. The van der Waals surface area contributed by atoms with E-state index in [9.17, 15) is 4.79 Å². The fourth-order valence-corrected chi connectivity index (χ4v) is 9.18. The Morgan fingerprint density at radius 2 is 1.48 bits per heavy atom. The standard InChI is InChI=1S/C29H40O3Si/c1-28(2,3)32-27(30)20-14-13-15-23-21-24(23)22-31-33(29(4,5)6,25-16-9-7-10-17-25)26-18-11-8-12-19-26/h7-13,15-19,23-24H,14,20-22H2,1-6H3/t23-,24-/m1/s1. The highest BCUT2D eigenvalue weighted by Crippen LogP contribution is 2.43. The quantitative estimate of drug-likeness (QED) is 0.264. The summed E-state index contributed by atoms with van der Waals surface area (Å²) < 4.78 is 12.4. The van der Waals surface area contributed by atoms with Gasteiger partial charge < -0.3 is 9.16 Å². The van der Waals surface area contributed by atoms with Crippen LogP contribution in [0.5, 0.6) is 0 Å². The first-order valence-electron chi connectivity index (χ1n) is 12.2. The maximum absolute atomic E-state index is 11.9. The molecule has 0 bridgehead atoms. The smallest absolute Gasteiger partial charge is 0.306 e. The molecule has 2 aromatic carbocycles. The number of hydrogen-bond donors (Lipinski definition) is 0. The minimum absolute atomic E-state index is 0.00332. The van der Waals surface area contributed by atoms with E-state index in [-0.39, 0.29) is 11.0 Å². The van der Waals surface area contributed by atoms with Crippen molar-refractivity contribution in [3.05, 3.63) is 72.8 Å². The molecule has 0 spiro atoms. The van der Waals surface area contributed by atoms with Gasteiger partial charge in [0.25, 0.3) is 8.32 Å². The second kappa shape index (κ2) is 10.4. The molecule has 0 unspecified atom stereocenters. The van der Waals surface area contributed by atoms with Gasteiger partial charge in [0.05, 0.1) is 0 Å². The zero-order valence-electron chi connectivity index (χ0n) is 21.1. The third kappa shape index (κ3) is 6.67. The van der Waals surface area contributed by atoms with Crippen molar-refractivity contribution in [2.45, 2.75) is 71.4 Å². The van der Waals surface area contributed by atoms with Crippen LogP contribution in [-0.4, -0.2) is 26.5 Å². The van der Waals surface area contributed by atoms with E-state index >= 15 is 0 Å². The average Bonchev–Trinajstić information content (AvgIpc) is 3.49. The van der Waals surface area contributed by atoms with Crippen LogP contribution in [0.15, 0.2) is 72.8 Å². The molecule has 0 radical (unpaired) electrons. The van der Waals surface area contributed by atoms with Crippen molar-refractivity contribution in [2.24, 2.45) is 11.8 Å². The lowest BCUT2D eigenvalue weighted by molar-refractivity contribution is -0.154. The molecular formula is C29H40O3Si. The molecule has 0 heterocycles. The van der Waals surface area contributed by atoms with Crippen molar-refractivity contribution >= 4 is 24.7 Å². The van der Waals surface area contributed by atoms with Crippen LogP contribution >= 0.6 is 0 Å². The van der Waals surface area contributed by atoms with E-state index in [0.717, 1.165) is 19.4 Å². The summed E-state index contributed by atoms with van der Waals surface area (Å²) >= 11 is 0. The van der Waals surface area contributed by atoms with Crippen LogP contribution in [0.3, 0.4) is 0 Å². The van der Waals surface area contributed by atoms with E-state index in [1.807, 2.05) is 20.8 Å². The minimum Gasteiger partial charge on any atom is -0.460 e. The molecule has 1 aliphatic carbocycles. The minimum atomic E-state index is -2.46. The number of rotatable bonds is 9. The van der Waals surface area contributed by atoms with Crippen LogP contribution < -0.4 is 10.4 Å². The Hall–Kier alpha value is -2.17. The summed E-state index contributed by atoms with van der Waals surface area (Å²) in [7, 11) is -2.46. The van der Waals surface area contributed by atoms with E-state index in [1.54, 1.807) is 0 Å². The van der Waals surface area contributed by atoms with Gasteiger partial charge in [0.1, 0.15) is 5.60 Å². The number of benzene rings is 2. The Morgan fingerprint density at radius 1 is 0.939 bits per heavy atom. The molecule has 2 aromatic rings. The Bertz CT molecular complexity index is 883. The molecule has 4 heteroatoms. The van der Waals surface area contributed by atoms with Crippen molar-refractivity contribution in [2.75, 3.05) is 6.61 Å². The number of ether oxygens (including phenoxy) is 1. The summed E-state index contributed by atoms with van der Waals surface area (Å²) in [4.78, 5) is 11.9. The number of allylic oxidation sites excluding steroid dienone is 2. The summed E-state index contributed by atoms with van der Waals surface area (Å²) in [5.74, 6) is 0.959. The van der Waals surface area contributed by atoms with Crippen molar-refractivity contribution in [1.29, 1.82) is 0 Å². The highest BCUT2D eigenvalue weighted by molar-refractivity contribution is 6.99. The van der Waals surface area contributed by atoms with Crippen LogP contribution in [0.2, 0.25) is 5.04 Å². The number of carbonyl (C=O) groups is 1. The highest BCUT2D eigenvalue weighted by atomic mass is 28.4. The van der Waals surface area contributed by atoms with Gasteiger partial charge in [0.15, 0.2) is 0 Å². The lowest BCUT2D eigenvalue weighted by Gasteiger charge is -2.43. The maximum Gasteiger partial charge on any atom is 0.306 e. The Kier molecular flexibility index (Phi) is 8.02. The van der Waals surface area contributed by atoms with E-state index in [4.69, 9.17) is 9.16 Å². The van der Waals surface area contributed by atoms with Gasteiger partial charge in [0, 0.05) is 13.0 Å².